The van der Waals surface area contributed by atoms with Gasteiger partial charge in [0.15, 0.2) is 6.79 Å². The minimum absolute atomic E-state index is 0.308. The number of ether oxygens (including phenoxy) is 2. The molecule has 1 aromatic rings. The maximum Gasteiger partial charge on any atom is 0.188 e. The van der Waals surface area contributed by atoms with Crippen molar-refractivity contribution in [2.45, 2.75) is 27.7 Å². The van der Waals surface area contributed by atoms with Crippen LogP contribution in [0.3, 0.4) is 0 Å². The van der Waals surface area contributed by atoms with Crippen LogP contribution in [0.4, 0.5) is 0 Å². The quantitative estimate of drug-likeness (QED) is 0.690. The third kappa shape index (κ3) is 4.28. The van der Waals surface area contributed by atoms with Crippen LogP contribution in [0.1, 0.15) is 25.0 Å². The van der Waals surface area contributed by atoms with Gasteiger partial charge in [-0.1, -0.05) is 19.9 Å². The van der Waals surface area contributed by atoms with E-state index < -0.39 is 0 Å². The lowest BCUT2D eigenvalue weighted by molar-refractivity contribution is 0.0511. The topological polar surface area (TPSA) is 18.5 Å². The van der Waals surface area contributed by atoms with E-state index in [0.717, 1.165) is 5.75 Å². The van der Waals surface area contributed by atoms with E-state index in [2.05, 4.69) is 13.8 Å². The fraction of sp³-hybridized carbons (Fsp3) is 0.500. The van der Waals surface area contributed by atoms with Crippen LogP contribution >= 0.6 is 0 Å². The Kier molecular flexibility index (Phi) is 6.85. The fourth-order valence-electron chi connectivity index (χ4n) is 0.931. The second kappa shape index (κ2) is 7.39. The van der Waals surface area contributed by atoms with E-state index in [0.29, 0.717) is 6.79 Å². The number of benzene rings is 1. The molecule has 0 aromatic heterocycles. The molecule has 0 amide bonds. The third-order valence-corrected chi connectivity index (χ3v) is 1.82. The van der Waals surface area contributed by atoms with Gasteiger partial charge in [-0.25, -0.2) is 0 Å². The van der Waals surface area contributed by atoms with Crippen LogP contribution in [0.25, 0.3) is 0 Å². The zero-order valence-electron chi connectivity index (χ0n) is 9.76. The number of aryl methyl sites for hydroxylation is 2. The average Bonchev–Trinajstić information content (AvgIpc) is 2.23. The van der Waals surface area contributed by atoms with Crippen molar-refractivity contribution in [2.24, 2.45) is 0 Å². The van der Waals surface area contributed by atoms with E-state index in [1.165, 1.54) is 11.1 Å². The van der Waals surface area contributed by atoms with Gasteiger partial charge in [0.1, 0.15) is 5.75 Å². The van der Waals surface area contributed by atoms with Crippen LogP contribution in [0.5, 0.6) is 5.75 Å². The van der Waals surface area contributed by atoms with Crippen molar-refractivity contribution in [3.05, 3.63) is 29.3 Å². The summed E-state index contributed by atoms with van der Waals surface area (Å²) < 4.78 is 10.1. The van der Waals surface area contributed by atoms with E-state index in [1.54, 1.807) is 7.11 Å². The predicted octanol–water partition coefficient (Wildman–Crippen LogP) is 3.31. The molecular weight excluding hydrogens is 176 g/mol. The maximum atomic E-state index is 5.27. The minimum Gasteiger partial charge on any atom is -0.468 e. The van der Waals surface area contributed by atoms with Gasteiger partial charge in [0.2, 0.25) is 0 Å². The van der Waals surface area contributed by atoms with Gasteiger partial charge < -0.3 is 9.47 Å². The molecule has 0 fully saturated rings. The first kappa shape index (κ1) is 13.0. The fourth-order valence-corrected chi connectivity index (χ4v) is 0.931. The summed E-state index contributed by atoms with van der Waals surface area (Å²) in [5.74, 6) is 0.861. The van der Waals surface area contributed by atoms with Gasteiger partial charge in [0.05, 0.1) is 0 Å². The molecule has 0 aliphatic heterocycles. The van der Waals surface area contributed by atoms with E-state index >= 15 is 0 Å². The molecule has 0 radical (unpaired) electrons. The van der Waals surface area contributed by atoms with Crippen LogP contribution in [-0.2, 0) is 4.74 Å². The van der Waals surface area contributed by atoms with Crippen LogP contribution in [0.15, 0.2) is 18.2 Å². The zero-order valence-corrected chi connectivity index (χ0v) is 9.76. The second-order valence-corrected chi connectivity index (χ2v) is 2.80. The molecule has 0 saturated carbocycles. The summed E-state index contributed by atoms with van der Waals surface area (Å²) in [5, 5.41) is 0. The molecule has 0 saturated heterocycles. The number of hydrogen-bond acceptors (Lipinski definition) is 2. The molecule has 0 aliphatic rings. The molecule has 0 heterocycles. The largest absolute Gasteiger partial charge is 0.468 e. The van der Waals surface area contributed by atoms with E-state index in [-0.39, 0.29) is 0 Å². The number of rotatable bonds is 3. The van der Waals surface area contributed by atoms with Crippen molar-refractivity contribution in [3.8, 4) is 5.75 Å². The summed E-state index contributed by atoms with van der Waals surface area (Å²) in [7, 11) is 1.61. The summed E-state index contributed by atoms with van der Waals surface area (Å²) in [6.07, 6.45) is 0. The highest BCUT2D eigenvalue weighted by atomic mass is 16.7. The lowest BCUT2D eigenvalue weighted by atomic mass is 10.1. The third-order valence-electron chi connectivity index (χ3n) is 1.82. The number of hydrogen-bond donors (Lipinski definition) is 0. The molecule has 0 unspecified atom stereocenters. The van der Waals surface area contributed by atoms with Gasteiger partial charge in [-0.05, 0) is 37.1 Å². The smallest absolute Gasteiger partial charge is 0.188 e. The van der Waals surface area contributed by atoms with Crippen LogP contribution in [-0.4, -0.2) is 13.9 Å². The van der Waals surface area contributed by atoms with Crippen molar-refractivity contribution in [2.75, 3.05) is 13.9 Å². The average molecular weight is 196 g/mol. The first-order chi connectivity index (χ1) is 6.74. The molecule has 14 heavy (non-hydrogen) atoms. The van der Waals surface area contributed by atoms with Crippen LogP contribution in [0, 0.1) is 13.8 Å². The molecule has 0 spiro atoms. The number of methoxy groups -OCH3 is 1. The van der Waals surface area contributed by atoms with Gasteiger partial charge in [0.25, 0.3) is 0 Å². The van der Waals surface area contributed by atoms with Gasteiger partial charge in [-0.2, -0.15) is 0 Å². The summed E-state index contributed by atoms with van der Waals surface area (Å²) in [4.78, 5) is 0. The highest BCUT2D eigenvalue weighted by Crippen LogP contribution is 2.15. The zero-order chi connectivity index (χ0) is 11.0. The molecule has 2 nitrogen and oxygen atoms in total. The molecule has 1 aromatic carbocycles. The minimum atomic E-state index is 0.308. The van der Waals surface area contributed by atoms with Gasteiger partial charge in [0, 0.05) is 7.11 Å². The predicted molar refractivity (Wildman–Crippen MR) is 59.8 cm³/mol. The summed E-state index contributed by atoms with van der Waals surface area (Å²) in [5.41, 5.74) is 2.52. The van der Waals surface area contributed by atoms with Crippen molar-refractivity contribution in [3.63, 3.8) is 0 Å². The normalized spacial score (nSPS) is 8.93. The van der Waals surface area contributed by atoms with Crippen LogP contribution < -0.4 is 4.74 Å². The standard InChI is InChI=1S/C10H14O2.C2H6/c1-8-4-5-10(6-9(8)2)12-7-11-3;1-2/h4-6H,7H2,1-3H3;1-2H3. The Balaban J connectivity index is 0.000000791. The first-order valence-electron chi connectivity index (χ1n) is 4.93. The Labute approximate surface area is 86.9 Å². The van der Waals surface area contributed by atoms with Gasteiger partial charge in [-0.15, -0.1) is 0 Å². The monoisotopic (exact) mass is 196 g/mol. The first-order valence-corrected chi connectivity index (χ1v) is 4.93. The van der Waals surface area contributed by atoms with E-state index in [4.69, 9.17) is 9.47 Å². The summed E-state index contributed by atoms with van der Waals surface area (Å²) in [6.45, 7) is 8.45. The van der Waals surface area contributed by atoms with E-state index in [9.17, 15) is 0 Å². The molecule has 2 heteroatoms. The Morgan fingerprint density at radius 3 is 2.21 bits per heavy atom. The van der Waals surface area contributed by atoms with Crippen molar-refractivity contribution in [1.29, 1.82) is 0 Å². The lowest BCUT2D eigenvalue weighted by Crippen LogP contribution is -1.98. The molecular formula is C12H20O2. The lowest BCUT2D eigenvalue weighted by Gasteiger charge is -2.06. The Bertz CT molecular complexity index is 256. The van der Waals surface area contributed by atoms with Gasteiger partial charge >= 0.3 is 0 Å². The van der Waals surface area contributed by atoms with Crippen molar-refractivity contribution >= 4 is 0 Å². The highest BCUT2D eigenvalue weighted by molar-refractivity contribution is 5.33. The van der Waals surface area contributed by atoms with Crippen LogP contribution in [0.2, 0.25) is 0 Å². The Morgan fingerprint density at radius 2 is 1.71 bits per heavy atom. The molecule has 1 rings (SSSR count). The molecule has 0 N–H and O–H groups in total. The SMILES string of the molecule is CC.COCOc1ccc(C)c(C)c1. The molecule has 80 valence electrons. The van der Waals surface area contributed by atoms with E-state index in [1.807, 2.05) is 32.0 Å². The second-order valence-electron chi connectivity index (χ2n) is 2.80. The molecule has 0 bridgehead atoms. The van der Waals surface area contributed by atoms with Crippen molar-refractivity contribution < 1.29 is 9.47 Å². The summed E-state index contributed by atoms with van der Waals surface area (Å²) in [6, 6.07) is 6.00. The molecule has 0 aliphatic carbocycles. The maximum absolute atomic E-state index is 5.27. The highest BCUT2D eigenvalue weighted by Gasteiger charge is 1.95. The Morgan fingerprint density at radius 1 is 1.07 bits per heavy atom. The molecule has 0 atom stereocenters. The summed E-state index contributed by atoms with van der Waals surface area (Å²) >= 11 is 0. The van der Waals surface area contributed by atoms with Gasteiger partial charge in [-0.3, -0.25) is 0 Å². The Hall–Kier alpha value is -1.02. The van der Waals surface area contributed by atoms with Crippen molar-refractivity contribution in [1.82, 2.24) is 0 Å².